The second-order valence-corrected chi connectivity index (χ2v) is 11.4. The molecule has 0 aliphatic rings. The number of aliphatic hydroxyl groups excluding tert-OH is 1. The van der Waals surface area contributed by atoms with Crippen LogP contribution in [0, 0.1) is 5.92 Å². The quantitative estimate of drug-likeness (QED) is 0.118. The van der Waals surface area contributed by atoms with Gasteiger partial charge >= 0.3 is 29.8 Å². The van der Waals surface area contributed by atoms with Gasteiger partial charge in [-0.05, 0) is 55.0 Å². The lowest BCUT2D eigenvalue weighted by Gasteiger charge is -2.07. The van der Waals surface area contributed by atoms with Gasteiger partial charge in [-0.2, -0.15) is 0 Å². The minimum atomic E-state index is -1.18. The number of aromatic nitrogens is 1. The molecule has 0 unspecified atom stereocenters. The maximum atomic E-state index is 10.6. The van der Waals surface area contributed by atoms with Crippen molar-refractivity contribution in [2.45, 2.75) is 83.3 Å². The Morgan fingerprint density at radius 2 is 1.10 bits per heavy atom. The van der Waals surface area contributed by atoms with E-state index in [1.165, 1.54) is 19.1 Å². The summed E-state index contributed by atoms with van der Waals surface area (Å²) in [6.07, 6.45) is 1.95. The average Bonchev–Trinajstić information content (AvgIpc) is 3.47. The molecule has 286 valence electrons. The number of nitrogens with one attached hydrogen (secondary N) is 1. The number of phenolic OH excluding ortho intramolecular Hbond substituents is 1. The van der Waals surface area contributed by atoms with E-state index >= 15 is 0 Å². The Labute approximate surface area is 294 Å². The van der Waals surface area contributed by atoms with Gasteiger partial charge in [0.15, 0.2) is 0 Å². The van der Waals surface area contributed by atoms with Crippen LogP contribution in [0.25, 0.3) is 10.9 Å². The standard InChI is InChI=1S/C11H12N2O2.C9H11NO3.C5H11NO2.C4H9NO3.C4H9NO2/c12-9(11(14)15)5-7-6-13-10-4-2-1-3-8(7)10;10-8(9(12)13)5-6-1-3-7(11)4-2-6;1-3(2)4(6)5(7)8;1-2(6)3(5)4(7)8;1-2-3(5)4(6)7/h1-4,6,9,13H,5,12H2,(H,14,15);1-4,8,11H,5,10H2,(H,12,13);3-4H,6H2,1-2H3,(H,7,8);2-3,6H,5H2,1H3,(H,7,8);3H,2,5H2,1H3,(H,6,7)/t9-;8-;4-;2-,3+;3-/m00010/s1. The Morgan fingerprint density at radius 1 is 0.647 bits per heavy atom. The number of hydrogen-bond acceptors (Lipinski definition) is 12. The highest BCUT2D eigenvalue weighted by Crippen LogP contribution is 2.18. The van der Waals surface area contributed by atoms with Gasteiger partial charge in [0, 0.05) is 23.5 Å². The molecule has 0 saturated heterocycles. The van der Waals surface area contributed by atoms with Crippen molar-refractivity contribution < 1.29 is 59.7 Å². The molecule has 3 rings (SSSR count). The topological polar surface area (TPSA) is 373 Å². The molecule has 1 aromatic heterocycles. The van der Waals surface area contributed by atoms with Crippen LogP contribution in [0.1, 0.15) is 45.2 Å². The lowest BCUT2D eigenvalue weighted by atomic mass is 10.1. The Hall–Kier alpha value is -5.11. The fourth-order valence-corrected chi connectivity index (χ4v) is 3.26. The van der Waals surface area contributed by atoms with Crippen LogP contribution in [0.4, 0.5) is 0 Å². The number of benzene rings is 2. The molecular formula is C33H52N6O12. The molecule has 0 saturated carbocycles. The van der Waals surface area contributed by atoms with Gasteiger partial charge in [-0.15, -0.1) is 0 Å². The van der Waals surface area contributed by atoms with E-state index in [9.17, 15) is 24.0 Å². The maximum Gasteiger partial charge on any atom is 0.323 e. The first kappa shape index (κ1) is 48.0. The second-order valence-electron chi connectivity index (χ2n) is 11.4. The summed E-state index contributed by atoms with van der Waals surface area (Å²) in [5.74, 6) is -4.85. The van der Waals surface area contributed by atoms with Gasteiger partial charge in [0.25, 0.3) is 0 Å². The van der Waals surface area contributed by atoms with Gasteiger partial charge in [0.05, 0.1) is 6.10 Å². The number of rotatable bonds is 12. The van der Waals surface area contributed by atoms with E-state index in [0.717, 1.165) is 22.0 Å². The number of nitrogens with two attached hydrogens (primary N) is 5. The zero-order valence-electron chi connectivity index (χ0n) is 28.9. The highest BCUT2D eigenvalue weighted by molar-refractivity contribution is 5.84. The number of carboxylic acids is 5. The normalized spacial score (nSPS) is 13.7. The number of phenols is 1. The van der Waals surface area contributed by atoms with Crippen LogP contribution in [0.2, 0.25) is 0 Å². The van der Waals surface area contributed by atoms with E-state index in [4.69, 9.17) is 64.4 Å². The molecule has 18 heteroatoms. The Bertz CT molecular complexity index is 1470. The van der Waals surface area contributed by atoms with Gasteiger partial charge in [-0.25, -0.2) is 0 Å². The van der Waals surface area contributed by atoms with Crippen LogP contribution in [0.15, 0.2) is 54.7 Å². The van der Waals surface area contributed by atoms with Gasteiger partial charge < -0.3 is 69.4 Å². The summed E-state index contributed by atoms with van der Waals surface area (Å²) in [4.78, 5) is 53.8. The molecule has 0 aliphatic heterocycles. The summed E-state index contributed by atoms with van der Waals surface area (Å²) < 4.78 is 0. The minimum Gasteiger partial charge on any atom is -0.508 e. The minimum absolute atomic E-state index is 0.0208. The third kappa shape index (κ3) is 20.9. The van der Waals surface area contributed by atoms with Crippen molar-refractivity contribution >= 4 is 40.7 Å². The molecule has 3 aromatic rings. The van der Waals surface area contributed by atoms with Crippen LogP contribution in [-0.2, 0) is 36.8 Å². The summed E-state index contributed by atoms with van der Waals surface area (Å²) in [5.41, 5.74) is 28.6. The highest BCUT2D eigenvalue weighted by Gasteiger charge is 2.17. The molecular weight excluding hydrogens is 672 g/mol. The third-order valence-electron chi connectivity index (χ3n) is 6.71. The molecule has 0 fully saturated rings. The zero-order valence-corrected chi connectivity index (χ0v) is 28.9. The van der Waals surface area contributed by atoms with E-state index in [2.05, 4.69) is 4.98 Å². The van der Waals surface area contributed by atoms with E-state index < -0.39 is 66.2 Å². The Balaban J connectivity index is 0. The highest BCUT2D eigenvalue weighted by atomic mass is 16.4. The number of hydrogen-bond donors (Lipinski definition) is 13. The van der Waals surface area contributed by atoms with Crippen molar-refractivity contribution in [1.29, 1.82) is 0 Å². The molecule has 0 spiro atoms. The molecule has 0 amide bonds. The molecule has 2 aromatic carbocycles. The Kier molecular flexibility index (Phi) is 23.5. The van der Waals surface area contributed by atoms with Crippen LogP contribution in [0.3, 0.4) is 0 Å². The fourth-order valence-electron chi connectivity index (χ4n) is 3.26. The number of aliphatic hydroxyl groups is 1. The average molecular weight is 725 g/mol. The molecule has 51 heavy (non-hydrogen) atoms. The van der Waals surface area contributed by atoms with Crippen molar-refractivity contribution in [3.63, 3.8) is 0 Å². The third-order valence-corrected chi connectivity index (χ3v) is 6.71. The van der Waals surface area contributed by atoms with E-state index in [0.29, 0.717) is 12.8 Å². The zero-order chi connectivity index (χ0) is 40.0. The SMILES string of the molecule is CC(C)[C@H](N)C(=O)O.CC[C@H](N)C(=O)O.C[C@@H](O)[C@H](N)C(=O)O.N[C@@H](Cc1c[nH]c2ccccc12)C(=O)O.N[C@@H](Cc1ccc(O)cc1)C(=O)O. The number of H-pyrrole nitrogens is 1. The van der Waals surface area contributed by atoms with Crippen molar-refractivity contribution in [2.24, 2.45) is 34.6 Å². The number of carboxylic acid groups (broad SMARTS) is 5. The van der Waals surface area contributed by atoms with Crippen LogP contribution in [0.5, 0.6) is 5.75 Å². The summed E-state index contributed by atoms with van der Waals surface area (Å²) in [5, 5.41) is 60.1. The van der Waals surface area contributed by atoms with Gasteiger partial charge in [0.1, 0.15) is 36.0 Å². The predicted octanol–water partition coefficient (Wildman–Crippen LogP) is 0.111. The van der Waals surface area contributed by atoms with E-state index in [1.807, 2.05) is 30.5 Å². The summed E-state index contributed by atoms with van der Waals surface area (Å²) >= 11 is 0. The number of para-hydroxylation sites is 1. The monoisotopic (exact) mass is 724 g/mol. The number of aliphatic carboxylic acids is 5. The Morgan fingerprint density at radius 3 is 1.43 bits per heavy atom. The summed E-state index contributed by atoms with van der Waals surface area (Å²) in [6, 6.07) is 9.79. The molecule has 18 nitrogen and oxygen atoms in total. The lowest BCUT2D eigenvalue weighted by Crippen LogP contribution is -2.39. The van der Waals surface area contributed by atoms with Crippen LogP contribution < -0.4 is 28.7 Å². The van der Waals surface area contributed by atoms with E-state index in [1.54, 1.807) is 32.9 Å². The van der Waals surface area contributed by atoms with Crippen molar-refractivity contribution in [3.8, 4) is 5.75 Å². The molecule has 6 atom stereocenters. The molecule has 18 N–H and O–H groups in total. The van der Waals surface area contributed by atoms with Crippen molar-refractivity contribution in [2.75, 3.05) is 0 Å². The first-order chi connectivity index (χ1) is 23.6. The predicted molar refractivity (Wildman–Crippen MR) is 189 cm³/mol. The summed E-state index contributed by atoms with van der Waals surface area (Å²) in [7, 11) is 0. The number of aromatic amines is 1. The lowest BCUT2D eigenvalue weighted by molar-refractivity contribution is -0.141. The maximum absolute atomic E-state index is 10.6. The van der Waals surface area contributed by atoms with Gasteiger partial charge in [-0.1, -0.05) is 51.1 Å². The molecule has 0 bridgehead atoms. The van der Waals surface area contributed by atoms with Crippen LogP contribution >= 0.6 is 0 Å². The first-order valence-electron chi connectivity index (χ1n) is 15.5. The number of fused-ring (bicyclic) bond motifs is 1. The fraction of sp³-hybridized carbons (Fsp3) is 0.424. The van der Waals surface area contributed by atoms with Gasteiger partial charge in [-0.3, -0.25) is 24.0 Å². The molecule has 1 heterocycles. The smallest absolute Gasteiger partial charge is 0.323 e. The van der Waals surface area contributed by atoms with Crippen molar-refractivity contribution in [3.05, 3.63) is 65.9 Å². The largest absolute Gasteiger partial charge is 0.508 e. The van der Waals surface area contributed by atoms with E-state index in [-0.39, 0.29) is 18.1 Å². The summed E-state index contributed by atoms with van der Waals surface area (Å²) in [6.45, 7) is 6.62. The number of aromatic hydroxyl groups is 1. The molecule has 0 aliphatic carbocycles. The van der Waals surface area contributed by atoms with Crippen molar-refractivity contribution in [1.82, 2.24) is 4.98 Å². The van der Waals surface area contributed by atoms with Crippen LogP contribution in [-0.4, -0.2) is 107 Å². The van der Waals surface area contributed by atoms with Gasteiger partial charge in [0.2, 0.25) is 0 Å². The number of carbonyl (C=O) groups is 5. The second kappa shape index (κ2) is 24.9. The molecule has 0 radical (unpaired) electrons. The first-order valence-corrected chi connectivity index (χ1v) is 15.5.